The number of methoxy groups -OCH3 is 1. The SMILES string of the molecule is COCCc1ccccc1NCc1nncn1C. The number of anilines is 1. The van der Waals surface area contributed by atoms with Crippen molar-refractivity contribution in [2.75, 3.05) is 19.0 Å². The second-order valence-electron chi connectivity index (χ2n) is 4.11. The Labute approximate surface area is 107 Å². The molecule has 0 atom stereocenters. The van der Waals surface area contributed by atoms with E-state index < -0.39 is 0 Å². The first-order valence-electron chi connectivity index (χ1n) is 5.95. The van der Waals surface area contributed by atoms with Crippen LogP contribution in [0.15, 0.2) is 30.6 Å². The van der Waals surface area contributed by atoms with Gasteiger partial charge in [0, 0.05) is 19.8 Å². The summed E-state index contributed by atoms with van der Waals surface area (Å²) >= 11 is 0. The number of aryl methyl sites for hydroxylation is 1. The largest absolute Gasteiger partial charge is 0.384 e. The Morgan fingerprint density at radius 1 is 1.33 bits per heavy atom. The van der Waals surface area contributed by atoms with Gasteiger partial charge in [0.1, 0.15) is 6.33 Å². The molecule has 2 aromatic rings. The number of benzene rings is 1. The van der Waals surface area contributed by atoms with Gasteiger partial charge in [-0.15, -0.1) is 10.2 Å². The van der Waals surface area contributed by atoms with Crippen molar-refractivity contribution in [2.45, 2.75) is 13.0 Å². The third-order valence-electron chi connectivity index (χ3n) is 2.83. The molecule has 0 saturated heterocycles. The molecule has 0 aliphatic rings. The third-order valence-corrected chi connectivity index (χ3v) is 2.83. The van der Waals surface area contributed by atoms with Crippen molar-refractivity contribution in [1.82, 2.24) is 14.8 Å². The lowest BCUT2D eigenvalue weighted by Crippen LogP contribution is -2.08. The topological polar surface area (TPSA) is 52.0 Å². The van der Waals surface area contributed by atoms with Crippen molar-refractivity contribution in [2.24, 2.45) is 7.05 Å². The summed E-state index contributed by atoms with van der Waals surface area (Å²) in [6.45, 7) is 1.39. The molecule has 1 heterocycles. The lowest BCUT2D eigenvalue weighted by atomic mass is 10.1. The number of ether oxygens (including phenoxy) is 1. The zero-order valence-electron chi connectivity index (χ0n) is 10.8. The van der Waals surface area contributed by atoms with Crippen molar-refractivity contribution in [3.8, 4) is 0 Å². The van der Waals surface area contributed by atoms with Gasteiger partial charge in [-0.05, 0) is 18.1 Å². The maximum Gasteiger partial charge on any atom is 0.151 e. The zero-order valence-corrected chi connectivity index (χ0v) is 10.8. The van der Waals surface area contributed by atoms with Gasteiger partial charge in [-0.1, -0.05) is 18.2 Å². The fourth-order valence-corrected chi connectivity index (χ4v) is 1.76. The monoisotopic (exact) mass is 246 g/mol. The molecule has 0 aliphatic carbocycles. The molecule has 0 spiro atoms. The van der Waals surface area contributed by atoms with Gasteiger partial charge in [0.05, 0.1) is 13.2 Å². The molecular weight excluding hydrogens is 228 g/mol. The Morgan fingerprint density at radius 2 is 2.17 bits per heavy atom. The zero-order chi connectivity index (χ0) is 12.8. The predicted octanol–water partition coefficient (Wildman–Crippen LogP) is 1.62. The number of para-hydroxylation sites is 1. The highest BCUT2D eigenvalue weighted by molar-refractivity contribution is 5.51. The highest BCUT2D eigenvalue weighted by atomic mass is 16.5. The van der Waals surface area contributed by atoms with Gasteiger partial charge in [-0.3, -0.25) is 0 Å². The van der Waals surface area contributed by atoms with E-state index in [-0.39, 0.29) is 0 Å². The van der Waals surface area contributed by atoms with Crippen LogP contribution in [0.2, 0.25) is 0 Å². The van der Waals surface area contributed by atoms with Gasteiger partial charge in [0.2, 0.25) is 0 Å². The average Bonchev–Trinajstić information content (AvgIpc) is 2.80. The number of nitrogens with one attached hydrogen (secondary N) is 1. The molecule has 0 aliphatic heterocycles. The molecule has 5 heteroatoms. The van der Waals surface area contributed by atoms with E-state index in [1.807, 2.05) is 23.7 Å². The van der Waals surface area contributed by atoms with Gasteiger partial charge in [0.15, 0.2) is 5.82 Å². The summed E-state index contributed by atoms with van der Waals surface area (Å²) in [5, 5.41) is 11.3. The predicted molar refractivity (Wildman–Crippen MR) is 70.4 cm³/mol. The number of hydrogen-bond donors (Lipinski definition) is 1. The second-order valence-corrected chi connectivity index (χ2v) is 4.11. The van der Waals surface area contributed by atoms with Crippen LogP contribution < -0.4 is 5.32 Å². The Bertz CT molecular complexity index is 495. The van der Waals surface area contributed by atoms with E-state index in [9.17, 15) is 0 Å². The second kappa shape index (κ2) is 6.16. The van der Waals surface area contributed by atoms with Crippen LogP contribution in [-0.2, 0) is 24.8 Å². The molecule has 2 rings (SSSR count). The first-order chi connectivity index (χ1) is 8.81. The van der Waals surface area contributed by atoms with Gasteiger partial charge >= 0.3 is 0 Å². The van der Waals surface area contributed by atoms with Crippen LogP contribution in [0.1, 0.15) is 11.4 Å². The Morgan fingerprint density at radius 3 is 2.89 bits per heavy atom. The lowest BCUT2D eigenvalue weighted by molar-refractivity contribution is 0.202. The van der Waals surface area contributed by atoms with Crippen LogP contribution in [0, 0.1) is 0 Å². The fourth-order valence-electron chi connectivity index (χ4n) is 1.76. The van der Waals surface area contributed by atoms with E-state index in [1.165, 1.54) is 5.56 Å². The van der Waals surface area contributed by atoms with Crippen molar-refractivity contribution in [1.29, 1.82) is 0 Å². The summed E-state index contributed by atoms with van der Waals surface area (Å²) in [4.78, 5) is 0. The van der Waals surface area contributed by atoms with Crippen LogP contribution in [0.25, 0.3) is 0 Å². The molecule has 1 aromatic carbocycles. The summed E-state index contributed by atoms with van der Waals surface area (Å²) in [6.07, 6.45) is 2.60. The fraction of sp³-hybridized carbons (Fsp3) is 0.385. The Kier molecular flexibility index (Phi) is 4.30. The van der Waals surface area contributed by atoms with Crippen LogP contribution in [-0.4, -0.2) is 28.5 Å². The van der Waals surface area contributed by atoms with E-state index in [0.29, 0.717) is 6.54 Å². The maximum absolute atomic E-state index is 5.12. The normalized spacial score (nSPS) is 10.6. The first kappa shape index (κ1) is 12.6. The molecular formula is C13H18N4O. The smallest absolute Gasteiger partial charge is 0.151 e. The minimum Gasteiger partial charge on any atom is -0.384 e. The molecule has 5 nitrogen and oxygen atoms in total. The number of aromatic nitrogens is 3. The number of rotatable bonds is 6. The van der Waals surface area contributed by atoms with Gasteiger partial charge in [-0.25, -0.2) is 0 Å². The minimum absolute atomic E-state index is 0.667. The summed E-state index contributed by atoms with van der Waals surface area (Å²) < 4.78 is 7.02. The van der Waals surface area contributed by atoms with Crippen LogP contribution >= 0.6 is 0 Å². The molecule has 0 saturated carbocycles. The van der Waals surface area contributed by atoms with E-state index in [2.05, 4.69) is 27.6 Å². The number of hydrogen-bond acceptors (Lipinski definition) is 4. The quantitative estimate of drug-likeness (QED) is 0.841. The van der Waals surface area contributed by atoms with E-state index in [4.69, 9.17) is 4.74 Å². The Balaban J connectivity index is 2.02. The lowest BCUT2D eigenvalue weighted by Gasteiger charge is -2.11. The van der Waals surface area contributed by atoms with Crippen molar-refractivity contribution >= 4 is 5.69 Å². The molecule has 1 N–H and O–H groups in total. The summed E-state index contributed by atoms with van der Waals surface area (Å²) in [5.41, 5.74) is 2.37. The third kappa shape index (κ3) is 3.07. The molecule has 0 amide bonds. The molecule has 1 aromatic heterocycles. The molecule has 0 bridgehead atoms. The first-order valence-corrected chi connectivity index (χ1v) is 5.95. The number of nitrogens with zero attached hydrogens (tertiary/aromatic N) is 3. The maximum atomic E-state index is 5.12. The van der Waals surface area contributed by atoms with Gasteiger partial charge in [-0.2, -0.15) is 0 Å². The van der Waals surface area contributed by atoms with Crippen LogP contribution in [0.5, 0.6) is 0 Å². The minimum atomic E-state index is 0.667. The van der Waals surface area contributed by atoms with E-state index >= 15 is 0 Å². The summed E-state index contributed by atoms with van der Waals surface area (Å²) in [6, 6.07) is 8.24. The summed E-state index contributed by atoms with van der Waals surface area (Å²) in [7, 11) is 3.66. The molecule has 96 valence electrons. The van der Waals surface area contributed by atoms with Crippen LogP contribution in [0.4, 0.5) is 5.69 Å². The standard InChI is InChI=1S/C13H18N4O/c1-17-10-15-16-13(17)9-14-12-6-4-3-5-11(12)7-8-18-2/h3-6,10,14H,7-9H2,1-2H3. The Hall–Kier alpha value is -1.88. The van der Waals surface area contributed by atoms with Crippen LogP contribution in [0.3, 0.4) is 0 Å². The molecule has 18 heavy (non-hydrogen) atoms. The highest BCUT2D eigenvalue weighted by Gasteiger charge is 2.04. The van der Waals surface area contributed by atoms with Crippen molar-refractivity contribution < 1.29 is 4.74 Å². The van der Waals surface area contributed by atoms with Gasteiger partial charge < -0.3 is 14.6 Å². The van der Waals surface area contributed by atoms with Crippen molar-refractivity contribution in [3.63, 3.8) is 0 Å². The summed E-state index contributed by atoms with van der Waals surface area (Å²) in [5.74, 6) is 0.913. The molecule has 0 fully saturated rings. The van der Waals surface area contributed by atoms with Gasteiger partial charge in [0.25, 0.3) is 0 Å². The molecule has 0 radical (unpaired) electrons. The molecule has 0 unspecified atom stereocenters. The van der Waals surface area contributed by atoms with E-state index in [0.717, 1.165) is 24.5 Å². The van der Waals surface area contributed by atoms with E-state index in [1.54, 1.807) is 13.4 Å². The highest BCUT2D eigenvalue weighted by Crippen LogP contribution is 2.16. The van der Waals surface area contributed by atoms with Crippen molar-refractivity contribution in [3.05, 3.63) is 42.0 Å². The average molecular weight is 246 g/mol.